The van der Waals surface area contributed by atoms with Crippen LogP contribution in [-0.4, -0.2) is 37.2 Å². The Morgan fingerprint density at radius 2 is 0.516 bits per heavy atom. The summed E-state index contributed by atoms with van der Waals surface area (Å²) in [7, 11) is 0. The first-order valence-electron chi connectivity index (χ1n) is 28.9. The van der Waals surface area contributed by atoms with E-state index >= 15 is 0 Å². The molecule has 0 aliphatic rings. The maximum Gasteiger partial charge on any atom is 0.306 e. The predicted molar refractivity (Wildman–Crippen MR) is 275 cm³/mol. The van der Waals surface area contributed by atoms with E-state index in [1.807, 2.05) is 0 Å². The van der Waals surface area contributed by atoms with Gasteiger partial charge in [-0.3, -0.25) is 14.4 Å². The molecule has 0 aromatic heterocycles. The summed E-state index contributed by atoms with van der Waals surface area (Å²) in [5.41, 5.74) is 0. The van der Waals surface area contributed by atoms with Crippen molar-refractivity contribution in [2.75, 3.05) is 13.2 Å². The van der Waals surface area contributed by atoms with Gasteiger partial charge in [0.1, 0.15) is 13.2 Å². The smallest absolute Gasteiger partial charge is 0.306 e. The molecule has 0 saturated carbocycles. The van der Waals surface area contributed by atoms with Crippen LogP contribution in [0.5, 0.6) is 0 Å². The fraction of sp³-hybridized carbons (Fsp3) is 0.948. The molecule has 0 aromatic carbocycles. The number of hydrogen-bond donors (Lipinski definition) is 0. The highest BCUT2D eigenvalue weighted by molar-refractivity contribution is 5.71. The molecule has 1 atom stereocenters. The largest absolute Gasteiger partial charge is 0.462 e. The van der Waals surface area contributed by atoms with Crippen LogP contribution in [0.2, 0.25) is 0 Å². The molecule has 64 heavy (non-hydrogen) atoms. The van der Waals surface area contributed by atoms with E-state index in [4.69, 9.17) is 14.2 Å². The standard InChI is InChI=1S/C58H112O6/c1-5-7-9-11-13-15-17-18-26-31-35-39-43-47-51-58(61)64-55(52-62-56(59)49-45-41-37-33-28-16-14-12-10-8-6-2)53-63-57(60)50-46-42-38-34-30-27-24-22-20-19-21-23-25-29-32-36-40-44-48-54(3)4/h54-55H,5-53H2,1-4H3/t55-/m1/s1. The molecule has 0 fully saturated rings. The second-order valence-corrected chi connectivity index (χ2v) is 20.4. The third-order valence-electron chi connectivity index (χ3n) is 13.3. The lowest BCUT2D eigenvalue weighted by Crippen LogP contribution is -2.30. The summed E-state index contributed by atoms with van der Waals surface area (Å²) in [6, 6.07) is 0. The van der Waals surface area contributed by atoms with E-state index in [1.165, 1.54) is 225 Å². The van der Waals surface area contributed by atoms with Gasteiger partial charge < -0.3 is 14.2 Å². The molecule has 0 amide bonds. The Labute approximate surface area is 399 Å². The van der Waals surface area contributed by atoms with Crippen molar-refractivity contribution >= 4 is 17.9 Å². The molecule has 0 rings (SSSR count). The van der Waals surface area contributed by atoms with Gasteiger partial charge in [-0.2, -0.15) is 0 Å². The SMILES string of the molecule is CCCCCCCCCCCCCCCCC(=O)O[C@H](COC(=O)CCCCCCCCCCCCC)COC(=O)CCCCCCCCCCCCCCCCCCCCC(C)C. The zero-order valence-electron chi connectivity index (χ0n) is 43.8. The van der Waals surface area contributed by atoms with Crippen molar-refractivity contribution in [3.8, 4) is 0 Å². The van der Waals surface area contributed by atoms with Crippen LogP contribution < -0.4 is 0 Å². The molecule has 6 nitrogen and oxygen atoms in total. The van der Waals surface area contributed by atoms with Gasteiger partial charge >= 0.3 is 17.9 Å². The van der Waals surface area contributed by atoms with Gasteiger partial charge in [0.15, 0.2) is 6.10 Å². The maximum atomic E-state index is 12.8. The summed E-state index contributed by atoms with van der Waals surface area (Å²) >= 11 is 0. The zero-order chi connectivity index (χ0) is 46.7. The summed E-state index contributed by atoms with van der Waals surface area (Å²) in [5, 5.41) is 0. The van der Waals surface area contributed by atoms with Crippen LogP contribution in [0.4, 0.5) is 0 Å². The van der Waals surface area contributed by atoms with E-state index in [-0.39, 0.29) is 31.1 Å². The van der Waals surface area contributed by atoms with Crippen LogP contribution in [0.15, 0.2) is 0 Å². The maximum absolute atomic E-state index is 12.8. The minimum atomic E-state index is -0.761. The van der Waals surface area contributed by atoms with Gasteiger partial charge in [-0.15, -0.1) is 0 Å². The van der Waals surface area contributed by atoms with E-state index in [0.717, 1.165) is 63.7 Å². The molecule has 0 spiro atoms. The average molecular weight is 906 g/mol. The Morgan fingerprint density at radius 1 is 0.297 bits per heavy atom. The Bertz CT molecular complexity index is 964. The van der Waals surface area contributed by atoms with Crippen molar-refractivity contribution < 1.29 is 28.6 Å². The molecule has 6 heteroatoms. The van der Waals surface area contributed by atoms with E-state index in [2.05, 4.69) is 27.7 Å². The molecule has 0 radical (unpaired) electrons. The highest BCUT2D eigenvalue weighted by Crippen LogP contribution is 2.18. The van der Waals surface area contributed by atoms with Crippen LogP contribution in [0, 0.1) is 5.92 Å². The van der Waals surface area contributed by atoms with E-state index in [1.54, 1.807) is 0 Å². The highest BCUT2D eigenvalue weighted by Gasteiger charge is 2.19. The predicted octanol–water partition coefficient (Wildman–Crippen LogP) is 19.0. The number of unbranched alkanes of at least 4 members (excludes halogenated alkanes) is 40. The van der Waals surface area contributed by atoms with Gasteiger partial charge in [-0.25, -0.2) is 0 Å². The minimum absolute atomic E-state index is 0.0618. The van der Waals surface area contributed by atoms with Gasteiger partial charge in [0.05, 0.1) is 0 Å². The number of ether oxygens (including phenoxy) is 3. The Kier molecular flexibility index (Phi) is 51.1. The van der Waals surface area contributed by atoms with Crippen LogP contribution in [0.25, 0.3) is 0 Å². The summed E-state index contributed by atoms with van der Waals surface area (Å²) in [6.45, 7) is 9.06. The lowest BCUT2D eigenvalue weighted by Gasteiger charge is -2.18. The Balaban J connectivity index is 4.21. The quantitative estimate of drug-likeness (QED) is 0.0344. The van der Waals surface area contributed by atoms with E-state index in [9.17, 15) is 14.4 Å². The number of rotatable bonds is 53. The van der Waals surface area contributed by atoms with Crippen LogP contribution >= 0.6 is 0 Å². The first-order chi connectivity index (χ1) is 31.4. The number of carbonyl (C=O) groups is 3. The van der Waals surface area contributed by atoms with Crippen LogP contribution in [-0.2, 0) is 28.6 Å². The molecule has 0 aliphatic heterocycles. The molecule has 380 valence electrons. The zero-order valence-corrected chi connectivity index (χ0v) is 43.8. The average Bonchev–Trinajstić information content (AvgIpc) is 3.28. The molecule has 0 saturated heterocycles. The topological polar surface area (TPSA) is 78.9 Å². The van der Waals surface area contributed by atoms with E-state index in [0.29, 0.717) is 19.3 Å². The third-order valence-corrected chi connectivity index (χ3v) is 13.3. The summed E-state index contributed by atoms with van der Waals surface area (Å²) in [4.78, 5) is 38.1. The number of hydrogen-bond acceptors (Lipinski definition) is 6. The van der Waals surface area contributed by atoms with E-state index < -0.39 is 6.10 Å². The van der Waals surface area contributed by atoms with Gasteiger partial charge in [-0.05, 0) is 25.2 Å². The molecule has 0 unspecified atom stereocenters. The number of esters is 3. The van der Waals surface area contributed by atoms with Crippen molar-refractivity contribution in [3.05, 3.63) is 0 Å². The minimum Gasteiger partial charge on any atom is -0.462 e. The summed E-state index contributed by atoms with van der Waals surface area (Å²) in [6.07, 6.45) is 56.7. The molecular weight excluding hydrogens is 793 g/mol. The molecular formula is C58H112O6. The van der Waals surface area contributed by atoms with Gasteiger partial charge in [0.25, 0.3) is 0 Å². The van der Waals surface area contributed by atoms with Crippen molar-refractivity contribution in [1.29, 1.82) is 0 Å². The monoisotopic (exact) mass is 905 g/mol. The van der Waals surface area contributed by atoms with Crippen molar-refractivity contribution in [3.63, 3.8) is 0 Å². The fourth-order valence-electron chi connectivity index (χ4n) is 8.92. The lowest BCUT2D eigenvalue weighted by atomic mass is 10.0. The Hall–Kier alpha value is -1.59. The second-order valence-electron chi connectivity index (χ2n) is 20.4. The highest BCUT2D eigenvalue weighted by atomic mass is 16.6. The van der Waals surface area contributed by atoms with Crippen molar-refractivity contribution in [1.82, 2.24) is 0 Å². The molecule has 0 bridgehead atoms. The summed E-state index contributed by atoms with van der Waals surface area (Å²) < 4.78 is 16.9. The van der Waals surface area contributed by atoms with Crippen molar-refractivity contribution in [2.24, 2.45) is 5.92 Å². The van der Waals surface area contributed by atoms with Gasteiger partial charge in [-0.1, -0.05) is 291 Å². The summed E-state index contributed by atoms with van der Waals surface area (Å²) in [5.74, 6) is 0.0226. The first-order valence-corrected chi connectivity index (χ1v) is 28.9. The van der Waals surface area contributed by atoms with Gasteiger partial charge in [0, 0.05) is 19.3 Å². The van der Waals surface area contributed by atoms with Crippen molar-refractivity contribution in [2.45, 2.75) is 336 Å². The lowest BCUT2D eigenvalue weighted by molar-refractivity contribution is -0.167. The Morgan fingerprint density at radius 3 is 0.766 bits per heavy atom. The second kappa shape index (κ2) is 52.4. The first kappa shape index (κ1) is 62.4. The number of carbonyl (C=O) groups excluding carboxylic acids is 3. The molecule has 0 aromatic rings. The normalized spacial score (nSPS) is 12.0. The van der Waals surface area contributed by atoms with Crippen LogP contribution in [0.3, 0.4) is 0 Å². The fourth-order valence-corrected chi connectivity index (χ4v) is 8.92. The van der Waals surface area contributed by atoms with Crippen LogP contribution in [0.1, 0.15) is 329 Å². The molecule has 0 heterocycles. The van der Waals surface area contributed by atoms with Gasteiger partial charge in [0.2, 0.25) is 0 Å². The molecule has 0 N–H and O–H groups in total. The third kappa shape index (κ3) is 51.4. The molecule has 0 aliphatic carbocycles.